The van der Waals surface area contributed by atoms with Crippen molar-refractivity contribution >= 4 is 5.91 Å². The zero-order valence-electron chi connectivity index (χ0n) is 17.5. The Balaban J connectivity index is 0. The SMILES string of the molecule is CC.CC(C)(C)CC(C)(C)CC(=O)NC(C)(C)CC(C)(C)C. The molecule has 1 N–H and O–H groups in total. The van der Waals surface area contributed by atoms with Crippen LogP contribution in [-0.2, 0) is 4.79 Å². The van der Waals surface area contributed by atoms with Crippen LogP contribution in [0.5, 0.6) is 0 Å². The average molecular weight is 314 g/mol. The molecule has 0 aliphatic rings. The van der Waals surface area contributed by atoms with Crippen LogP contribution in [0.2, 0.25) is 0 Å². The minimum atomic E-state index is -0.146. The quantitative estimate of drug-likeness (QED) is 0.643. The van der Waals surface area contributed by atoms with Crippen LogP contribution in [0.1, 0.15) is 102 Å². The molecule has 134 valence electrons. The van der Waals surface area contributed by atoms with E-state index in [1.165, 1.54) is 0 Å². The van der Waals surface area contributed by atoms with Crippen LogP contribution in [0.25, 0.3) is 0 Å². The summed E-state index contributed by atoms with van der Waals surface area (Å²) < 4.78 is 0. The molecule has 0 unspecified atom stereocenters. The van der Waals surface area contributed by atoms with Crippen LogP contribution in [-0.4, -0.2) is 11.4 Å². The highest BCUT2D eigenvalue weighted by molar-refractivity contribution is 5.77. The summed E-state index contributed by atoms with van der Waals surface area (Å²) in [5.41, 5.74) is 0.371. The molecule has 22 heavy (non-hydrogen) atoms. The fourth-order valence-electron chi connectivity index (χ4n) is 3.72. The van der Waals surface area contributed by atoms with E-state index in [1.54, 1.807) is 0 Å². The maximum absolute atomic E-state index is 12.3. The van der Waals surface area contributed by atoms with E-state index in [1.807, 2.05) is 13.8 Å². The number of hydrogen-bond donors (Lipinski definition) is 1. The van der Waals surface area contributed by atoms with E-state index in [-0.39, 0.29) is 27.7 Å². The molecule has 0 aromatic rings. The lowest BCUT2D eigenvalue weighted by molar-refractivity contribution is -0.125. The van der Waals surface area contributed by atoms with Crippen molar-refractivity contribution in [1.29, 1.82) is 0 Å². The molecule has 0 atom stereocenters. The van der Waals surface area contributed by atoms with Crippen LogP contribution >= 0.6 is 0 Å². The molecule has 0 aliphatic carbocycles. The number of hydrogen-bond acceptors (Lipinski definition) is 1. The molecule has 2 heteroatoms. The van der Waals surface area contributed by atoms with Crippen molar-refractivity contribution in [1.82, 2.24) is 5.32 Å². The number of nitrogens with one attached hydrogen (secondary N) is 1. The lowest BCUT2D eigenvalue weighted by Gasteiger charge is -2.36. The molecule has 0 saturated carbocycles. The van der Waals surface area contributed by atoms with Gasteiger partial charge in [-0.25, -0.2) is 0 Å². The molecular formula is C20H43NO. The largest absolute Gasteiger partial charge is 0.351 e. The Morgan fingerprint density at radius 2 is 1.09 bits per heavy atom. The average Bonchev–Trinajstić information content (AvgIpc) is 2.08. The Labute approximate surface area is 140 Å². The molecule has 0 bridgehead atoms. The van der Waals surface area contributed by atoms with E-state index in [0.29, 0.717) is 6.42 Å². The smallest absolute Gasteiger partial charge is 0.220 e. The molecule has 0 heterocycles. The molecule has 2 nitrogen and oxygen atoms in total. The van der Waals surface area contributed by atoms with Crippen LogP contribution in [0.4, 0.5) is 0 Å². The van der Waals surface area contributed by atoms with Crippen molar-refractivity contribution in [3.8, 4) is 0 Å². The maximum atomic E-state index is 12.3. The maximum Gasteiger partial charge on any atom is 0.220 e. The lowest BCUT2D eigenvalue weighted by Crippen LogP contribution is -2.47. The Bertz CT molecular complexity index is 295. The highest BCUT2D eigenvalue weighted by Gasteiger charge is 2.31. The van der Waals surface area contributed by atoms with Crippen molar-refractivity contribution in [3.63, 3.8) is 0 Å². The standard InChI is InChI=1S/C18H37NO.C2H6/c1-15(2,3)12-17(7,8)11-14(20)19-18(9,10)13-16(4,5)6;1-2/h11-13H2,1-10H3,(H,19,20);1-2H3. The third kappa shape index (κ3) is 14.4. The summed E-state index contributed by atoms with van der Waals surface area (Å²) >= 11 is 0. The van der Waals surface area contributed by atoms with Crippen molar-refractivity contribution in [2.24, 2.45) is 16.2 Å². The van der Waals surface area contributed by atoms with Gasteiger partial charge < -0.3 is 5.32 Å². The summed E-state index contributed by atoms with van der Waals surface area (Å²) in [6.45, 7) is 25.9. The van der Waals surface area contributed by atoms with Gasteiger partial charge in [-0.15, -0.1) is 0 Å². The number of carbonyl (C=O) groups excluding carboxylic acids is 1. The van der Waals surface area contributed by atoms with Gasteiger partial charge in [-0.3, -0.25) is 4.79 Å². The Hall–Kier alpha value is -0.530. The molecule has 0 spiro atoms. The van der Waals surface area contributed by atoms with Gasteiger partial charge in [0.2, 0.25) is 5.91 Å². The van der Waals surface area contributed by atoms with Gasteiger partial charge in [0.25, 0.3) is 0 Å². The van der Waals surface area contributed by atoms with Gasteiger partial charge in [-0.05, 0) is 42.9 Å². The van der Waals surface area contributed by atoms with Crippen LogP contribution in [0, 0.1) is 16.2 Å². The van der Waals surface area contributed by atoms with Crippen LogP contribution < -0.4 is 5.32 Å². The van der Waals surface area contributed by atoms with Gasteiger partial charge in [-0.1, -0.05) is 69.2 Å². The summed E-state index contributed by atoms with van der Waals surface area (Å²) in [5, 5.41) is 3.22. The van der Waals surface area contributed by atoms with E-state index in [2.05, 4.69) is 74.6 Å². The van der Waals surface area contributed by atoms with Gasteiger partial charge in [-0.2, -0.15) is 0 Å². The molecule has 0 fully saturated rings. The highest BCUT2D eigenvalue weighted by atomic mass is 16.1. The third-order valence-corrected chi connectivity index (χ3v) is 3.10. The molecule has 0 aliphatic heterocycles. The second kappa shape index (κ2) is 8.36. The van der Waals surface area contributed by atoms with E-state index in [0.717, 1.165) is 12.8 Å². The topological polar surface area (TPSA) is 29.1 Å². The summed E-state index contributed by atoms with van der Waals surface area (Å²) in [5.74, 6) is 0.175. The molecule has 0 aromatic heterocycles. The predicted molar refractivity (Wildman–Crippen MR) is 100 cm³/mol. The molecule has 0 radical (unpaired) electrons. The summed E-state index contributed by atoms with van der Waals surface area (Å²) in [6, 6.07) is 0. The van der Waals surface area contributed by atoms with Crippen LogP contribution in [0.3, 0.4) is 0 Å². The van der Waals surface area contributed by atoms with Gasteiger partial charge in [0.15, 0.2) is 0 Å². The minimum Gasteiger partial charge on any atom is -0.351 e. The molecular weight excluding hydrogens is 270 g/mol. The van der Waals surface area contributed by atoms with Gasteiger partial charge >= 0.3 is 0 Å². The monoisotopic (exact) mass is 313 g/mol. The Morgan fingerprint density at radius 3 is 1.41 bits per heavy atom. The highest BCUT2D eigenvalue weighted by Crippen LogP contribution is 2.36. The molecule has 0 rings (SSSR count). The zero-order valence-corrected chi connectivity index (χ0v) is 17.5. The first-order valence-electron chi connectivity index (χ1n) is 8.83. The summed E-state index contributed by atoms with van der Waals surface area (Å²) in [4.78, 5) is 12.3. The molecule has 0 saturated heterocycles. The van der Waals surface area contributed by atoms with Crippen molar-refractivity contribution < 1.29 is 4.79 Å². The van der Waals surface area contributed by atoms with Crippen molar-refractivity contribution in [2.45, 2.75) is 108 Å². The fraction of sp³-hybridized carbons (Fsp3) is 0.950. The number of carbonyl (C=O) groups is 1. The first kappa shape index (κ1) is 23.7. The van der Waals surface area contributed by atoms with E-state index < -0.39 is 0 Å². The molecule has 0 aromatic carbocycles. The lowest BCUT2D eigenvalue weighted by atomic mass is 9.74. The van der Waals surface area contributed by atoms with Crippen LogP contribution in [0.15, 0.2) is 0 Å². The summed E-state index contributed by atoms with van der Waals surface area (Å²) in [7, 11) is 0. The zero-order chi connectivity index (χ0) is 18.4. The molecule has 1 amide bonds. The van der Waals surface area contributed by atoms with Gasteiger partial charge in [0, 0.05) is 12.0 Å². The van der Waals surface area contributed by atoms with Crippen molar-refractivity contribution in [2.75, 3.05) is 0 Å². The second-order valence-electron chi connectivity index (χ2n) is 10.2. The number of amides is 1. The summed E-state index contributed by atoms with van der Waals surface area (Å²) in [6.07, 6.45) is 2.62. The van der Waals surface area contributed by atoms with Crippen molar-refractivity contribution in [3.05, 3.63) is 0 Å². The minimum absolute atomic E-state index is 0.0418. The Morgan fingerprint density at radius 1 is 0.727 bits per heavy atom. The fourth-order valence-corrected chi connectivity index (χ4v) is 3.72. The number of rotatable bonds is 5. The first-order chi connectivity index (χ1) is 9.52. The van der Waals surface area contributed by atoms with Gasteiger partial charge in [0.05, 0.1) is 0 Å². The van der Waals surface area contributed by atoms with E-state index in [9.17, 15) is 4.79 Å². The van der Waals surface area contributed by atoms with E-state index in [4.69, 9.17) is 0 Å². The van der Waals surface area contributed by atoms with E-state index >= 15 is 0 Å². The predicted octanol–water partition coefficient (Wildman–Crippen LogP) is 6.20. The third-order valence-electron chi connectivity index (χ3n) is 3.10. The second-order valence-corrected chi connectivity index (χ2v) is 10.2. The van der Waals surface area contributed by atoms with Gasteiger partial charge in [0.1, 0.15) is 0 Å². The first-order valence-corrected chi connectivity index (χ1v) is 8.83. The Kier molecular flexibility index (Phi) is 9.02. The normalized spacial score (nSPS) is 13.3.